The van der Waals surface area contributed by atoms with Crippen LogP contribution in [0, 0.1) is 0 Å². The predicted octanol–water partition coefficient (Wildman–Crippen LogP) is 3.10. The van der Waals surface area contributed by atoms with Crippen LogP contribution in [0.15, 0.2) is 23.1 Å². The van der Waals surface area contributed by atoms with Crippen molar-refractivity contribution < 1.29 is 9.59 Å². The fraction of sp³-hybridized carbons (Fsp3) is 0.429. The summed E-state index contributed by atoms with van der Waals surface area (Å²) in [6, 6.07) is 5.07. The molecule has 0 fully saturated rings. The first-order chi connectivity index (χ1) is 9.90. The van der Waals surface area contributed by atoms with E-state index in [1.165, 1.54) is 6.92 Å². The summed E-state index contributed by atoms with van der Waals surface area (Å²) in [6.45, 7) is 6.31. The van der Waals surface area contributed by atoms with E-state index in [-0.39, 0.29) is 11.9 Å². The Kier molecular flexibility index (Phi) is 7.39. The van der Waals surface area contributed by atoms with E-state index in [1.807, 2.05) is 6.07 Å². The molecular formula is C14H20ClN3O2S. The van der Waals surface area contributed by atoms with E-state index in [0.717, 1.165) is 4.90 Å². The molecule has 0 saturated carbocycles. The molecule has 0 saturated heterocycles. The Hall–Kier alpha value is -1.40. The van der Waals surface area contributed by atoms with Gasteiger partial charge in [0.2, 0.25) is 5.91 Å². The van der Waals surface area contributed by atoms with Gasteiger partial charge in [-0.3, -0.25) is 4.79 Å². The van der Waals surface area contributed by atoms with Gasteiger partial charge in [-0.15, -0.1) is 11.8 Å². The SMILES string of the molecule is CC(=O)NCCNC(=O)Nc1cccc(Cl)c1SC(C)C. The minimum Gasteiger partial charge on any atom is -0.355 e. The highest BCUT2D eigenvalue weighted by atomic mass is 35.5. The molecule has 21 heavy (non-hydrogen) atoms. The Morgan fingerprint density at radius 1 is 1.24 bits per heavy atom. The van der Waals surface area contributed by atoms with Crippen molar-refractivity contribution in [3.63, 3.8) is 0 Å². The van der Waals surface area contributed by atoms with Gasteiger partial charge in [-0.25, -0.2) is 4.79 Å². The van der Waals surface area contributed by atoms with Crippen LogP contribution < -0.4 is 16.0 Å². The van der Waals surface area contributed by atoms with Crippen LogP contribution in [0.5, 0.6) is 0 Å². The van der Waals surface area contributed by atoms with Gasteiger partial charge >= 0.3 is 6.03 Å². The summed E-state index contributed by atoms with van der Waals surface area (Å²) >= 11 is 7.77. The van der Waals surface area contributed by atoms with Crippen molar-refractivity contribution in [2.24, 2.45) is 0 Å². The van der Waals surface area contributed by atoms with Crippen LogP contribution in [0.25, 0.3) is 0 Å². The molecule has 0 aliphatic heterocycles. The zero-order valence-electron chi connectivity index (χ0n) is 12.3. The third-order valence-corrected chi connectivity index (χ3v) is 3.93. The lowest BCUT2D eigenvalue weighted by Gasteiger charge is -2.14. The quantitative estimate of drug-likeness (QED) is 0.555. The van der Waals surface area contributed by atoms with Crippen LogP contribution in [-0.2, 0) is 4.79 Å². The van der Waals surface area contributed by atoms with Crippen LogP contribution >= 0.6 is 23.4 Å². The number of carbonyl (C=O) groups excluding carboxylic acids is 2. The van der Waals surface area contributed by atoms with Crippen LogP contribution in [0.3, 0.4) is 0 Å². The fourth-order valence-electron chi connectivity index (χ4n) is 1.54. The zero-order chi connectivity index (χ0) is 15.8. The lowest BCUT2D eigenvalue weighted by molar-refractivity contribution is -0.118. The summed E-state index contributed by atoms with van der Waals surface area (Å²) in [6.07, 6.45) is 0. The molecule has 116 valence electrons. The number of halogens is 1. The molecule has 0 spiro atoms. The first-order valence-electron chi connectivity index (χ1n) is 6.64. The number of rotatable bonds is 6. The van der Waals surface area contributed by atoms with Gasteiger partial charge in [0, 0.05) is 30.2 Å². The van der Waals surface area contributed by atoms with E-state index in [4.69, 9.17) is 11.6 Å². The van der Waals surface area contributed by atoms with Gasteiger partial charge in [-0.2, -0.15) is 0 Å². The topological polar surface area (TPSA) is 70.2 Å². The van der Waals surface area contributed by atoms with Crippen molar-refractivity contribution >= 4 is 41.0 Å². The molecule has 1 rings (SSSR count). The molecule has 0 aromatic heterocycles. The molecule has 3 amide bonds. The van der Waals surface area contributed by atoms with E-state index >= 15 is 0 Å². The highest BCUT2D eigenvalue weighted by molar-refractivity contribution is 8.00. The molecule has 3 N–H and O–H groups in total. The van der Waals surface area contributed by atoms with E-state index < -0.39 is 0 Å². The maximum Gasteiger partial charge on any atom is 0.319 e. The summed E-state index contributed by atoms with van der Waals surface area (Å²) in [5.41, 5.74) is 0.679. The lowest BCUT2D eigenvalue weighted by Crippen LogP contribution is -2.36. The lowest BCUT2D eigenvalue weighted by atomic mass is 10.3. The van der Waals surface area contributed by atoms with Gasteiger partial charge in [-0.1, -0.05) is 31.5 Å². The van der Waals surface area contributed by atoms with Crippen LogP contribution in [0.1, 0.15) is 20.8 Å². The average Bonchev–Trinajstić information content (AvgIpc) is 2.38. The van der Waals surface area contributed by atoms with Crippen molar-refractivity contribution in [3.05, 3.63) is 23.2 Å². The van der Waals surface area contributed by atoms with Crippen molar-refractivity contribution in [2.45, 2.75) is 30.9 Å². The second-order valence-electron chi connectivity index (χ2n) is 4.65. The summed E-state index contributed by atoms with van der Waals surface area (Å²) in [5, 5.41) is 9.02. The molecule has 0 unspecified atom stereocenters. The molecule has 7 heteroatoms. The Morgan fingerprint density at radius 3 is 2.52 bits per heavy atom. The largest absolute Gasteiger partial charge is 0.355 e. The van der Waals surface area contributed by atoms with Crippen molar-refractivity contribution in [1.82, 2.24) is 10.6 Å². The summed E-state index contributed by atoms with van der Waals surface area (Å²) in [7, 11) is 0. The number of amides is 3. The smallest absolute Gasteiger partial charge is 0.319 e. The standard InChI is InChI=1S/C14H20ClN3O2S/c1-9(2)21-13-11(15)5-4-6-12(13)18-14(20)17-8-7-16-10(3)19/h4-6,9H,7-8H2,1-3H3,(H,16,19)(H2,17,18,20). The molecule has 1 aromatic rings. The fourth-order valence-corrected chi connectivity index (χ4v) is 2.75. The molecule has 5 nitrogen and oxygen atoms in total. The van der Waals surface area contributed by atoms with E-state index in [9.17, 15) is 9.59 Å². The van der Waals surface area contributed by atoms with Crippen LogP contribution in [0.4, 0.5) is 10.5 Å². The number of urea groups is 1. The summed E-state index contributed by atoms with van der Waals surface area (Å²) < 4.78 is 0. The van der Waals surface area contributed by atoms with E-state index in [1.54, 1.807) is 23.9 Å². The number of benzene rings is 1. The normalized spacial score (nSPS) is 10.3. The van der Waals surface area contributed by atoms with Crippen molar-refractivity contribution in [1.29, 1.82) is 0 Å². The highest BCUT2D eigenvalue weighted by Crippen LogP contribution is 2.36. The van der Waals surface area contributed by atoms with Crippen molar-refractivity contribution in [2.75, 3.05) is 18.4 Å². The number of thioether (sulfide) groups is 1. The second kappa shape index (κ2) is 8.79. The molecule has 0 aliphatic rings. The third kappa shape index (κ3) is 6.73. The van der Waals surface area contributed by atoms with Gasteiger partial charge in [0.25, 0.3) is 0 Å². The molecule has 1 aromatic carbocycles. The first kappa shape index (κ1) is 17.7. The maximum atomic E-state index is 11.8. The number of nitrogens with one attached hydrogen (secondary N) is 3. The molecule has 0 atom stereocenters. The van der Waals surface area contributed by atoms with Gasteiger partial charge in [-0.05, 0) is 12.1 Å². The predicted molar refractivity (Wildman–Crippen MR) is 88.2 cm³/mol. The average molecular weight is 330 g/mol. The van der Waals surface area contributed by atoms with Gasteiger partial charge in [0.1, 0.15) is 0 Å². The second-order valence-corrected chi connectivity index (χ2v) is 6.64. The molecule has 0 bridgehead atoms. The van der Waals surface area contributed by atoms with E-state index in [2.05, 4.69) is 29.8 Å². The van der Waals surface area contributed by atoms with Crippen LogP contribution in [0.2, 0.25) is 5.02 Å². The number of carbonyl (C=O) groups is 2. The highest BCUT2D eigenvalue weighted by Gasteiger charge is 2.11. The summed E-state index contributed by atoms with van der Waals surface area (Å²) in [4.78, 5) is 23.4. The Bertz CT molecular complexity index is 509. The molecule has 0 heterocycles. The van der Waals surface area contributed by atoms with Gasteiger partial charge in [0.05, 0.1) is 10.7 Å². The Labute approximate surface area is 134 Å². The minimum absolute atomic E-state index is 0.123. The van der Waals surface area contributed by atoms with Gasteiger partial charge < -0.3 is 16.0 Å². The Balaban J connectivity index is 2.59. The van der Waals surface area contributed by atoms with Gasteiger partial charge in [0.15, 0.2) is 0 Å². The molecular weight excluding hydrogens is 310 g/mol. The first-order valence-corrected chi connectivity index (χ1v) is 7.90. The monoisotopic (exact) mass is 329 g/mol. The number of hydrogen-bond acceptors (Lipinski definition) is 3. The number of hydrogen-bond donors (Lipinski definition) is 3. The molecule has 0 aliphatic carbocycles. The Morgan fingerprint density at radius 2 is 1.90 bits per heavy atom. The minimum atomic E-state index is -0.326. The molecule has 0 radical (unpaired) electrons. The number of anilines is 1. The summed E-state index contributed by atoms with van der Waals surface area (Å²) in [5.74, 6) is -0.123. The van der Waals surface area contributed by atoms with E-state index in [0.29, 0.717) is 29.0 Å². The maximum absolute atomic E-state index is 11.8. The van der Waals surface area contributed by atoms with Crippen molar-refractivity contribution in [3.8, 4) is 0 Å². The zero-order valence-corrected chi connectivity index (χ0v) is 13.9. The van der Waals surface area contributed by atoms with Crippen LogP contribution in [-0.4, -0.2) is 30.3 Å². The third-order valence-electron chi connectivity index (χ3n) is 2.35.